The van der Waals surface area contributed by atoms with E-state index in [4.69, 9.17) is 11.6 Å². The molecular weight excluding hydrogens is 340 g/mol. The van der Waals surface area contributed by atoms with Crippen LogP contribution >= 0.6 is 27.5 Å². The van der Waals surface area contributed by atoms with Crippen LogP contribution in [0.5, 0.6) is 0 Å². The Hall–Kier alpha value is -1.46. The maximum atomic E-state index is 6.03. The van der Waals surface area contributed by atoms with E-state index in [1.807, 2.05) is 24.3 Å². The fourth-order valence-electron chi connectivity index (χ4n) is 2.18. The first-order chi connectivity index (χ1) is 9.65. The lowest BCUT2D eigenvalue weighted by Gasteiger charge is -2.10. The number of hydrogen-bond donors (Lipinski definition) is 1. The number of allylic oxidation sites excluding steroid dienone is 1. The van der Waals surface area contributed by atoms with Crippen molar-refractivity contribution in [2.45, 2.75) is 19.3 Å². The van der Waals surface area contributed by atoms with Gasteiger partial charge in [-0.2, -0.15) is 5.10 Å². The van der Waals surface area contributed by atoms with Crippen molar-refractivity contribution in [1.29, 1.82) is 0 Å². The largest absolute Gasteiger partial charge is 0.281 e. The maximum Gasteiger partial charge on any atom is 0.125 e. The highest BCUT2D eigenvalue weighted by Crippen LogP contribution is 2.30. The summed E-state index contributed by atoms with van der Waals surface area (Å²) in [7, 11) is 0. The summed E-state index contributed by atoms with van der Waals surface area (Å²) in [6.07, 6.45) is 4.51. The average Bonchev–Trinajstić information content (AvgIpc) is 2.84. The number of rotatable bonds is 1. The van der Waals surface area contributed by atoms with Gasteiger partial charge in [0.2, 0.25) is 0 Å². The summed E-state index contributed by atoms with van der Waals surface area (Å²) in [5.41, 5.74) is 3.61. The van der Waals surface area contributed by atoms with E-state index in [9.17, 15) is 0 Å². The van der Waals surface area contributed by atoms with Crippen LogP contribution in [0.2, 0.25) is 0 Å². The molecule has 3 rings (SSSR count). The van der Waals surface area contributed by atoms with Gasteiger partial charge in [-0.05, 0) is 40.6 Å². The zero-order chi connectivity index (χ0) is 14.1. The van der Waals surface area contributed by atoms with Crippen molar-refractivity contribution in [3.05, 3.63) is 45.3 Å². The molecular formula is C14H12BrClN4. The lowest BCUT2D eigenvalue weighted by molar-refractivity contribution is 0.739. The van der Waals surface area contributed by atoms with E-state index in [1.165, 1.54) is 0 Å². The van der Waals surface area contributed by atoms with Crippen molar-refractivity contribution < 1.29 is 0 Å². The van der Waals surface area contributed by atoms with Crippen LogP contribution < -0.4 is 0 Å². The number of H-pyrrole nitrogens is 1. The van der Waals surface area contributed by atoms with Gasteiger partial charge < -0.3 is 0 Å². The van der Waals surface area contributed by atoms with Crippen LogP contribution in [0, 0.1) is 0 Å². The summed E-state index contributed by atoms with van der Waals surface area (Å²) < 4.78 is 0.778. The second kappa shape index (κ2) is 5.50. The predicted molar refractivity (Wildman–Crippen MR) is 84.1 cm³/mol. The van der Waals surface area contributed by atoms with Crippen molar-refractivity contribution in [2.75, 3.05) is 0 Å². The molecule has 2 aromatic rings. The SMILES string of the molecule is CC1CC=C(Cl)N=Cc2c(-c3cccc(Br)n3)n[nH]c21. The molecule has 1 atom stereocenters. The number of hydrogen-bond acceptors (Lipinski definition) is 3. The van der Waals surface area contributed by atoms with Gasteiger partial charge in [0.1, 0.15) is 15.5 Å². The summed E-state index contributed by atoms with van der Waals surface area (Å²) in [6, 6.07) is 5.75. The van der Waals surface area contributed by atoms with E-state index < -0.39 is 0 Å². The quantitative estimate of drug-likeness (QED) is 0.617. The van der Waals surface area contributed by atoms with E-state index >= 15 is 0 Å². The van der Waals surface area contributed by atoms with Crippen molar-refractivity contribution in [1.82, 2.24) is 15.2 Å². The third-order valence-corrected chi connectivity index (χ3v) is 3.93. The number of aromatic amines is 1. The first kappa shape index (κ1) is 13.5. The van der Waals surface area contributed by atoms with Gasteiger partial charge in [0.05, 0.1) is 5.69 Å². The molecule has 0 aliphatic carbocycles. The molecule has 0 bridgehead atoms. The lowest BCUT2D eigenvalue weighted by atomic mass is 9.98. The molecule has 0 saturated heterocycles. The Bertz CT molecular complexity index is 705. The summed E-state index contributed by atoms with van der Waals surface area (Å²) >= 11 is 9.41. The van der Waals surface area contributed by atoms with Crippen molar-refractivity contribution >= 4 is 33.7 Å². The highest BCUT2D eigenvalue weighted by atomic mass is 79.9. The van der Waals surface area contributed by atoms with Crippen molar-refractivity contribution in [2.24, 2.45) is 4.99 Å². The van der Waals surface area contributed by atoms with Gasteiger partial charge in [-0.1, -0.05) is 24.6 Å². The number of halogens is 2. The third-order valence-electron chi connectivity index (χ3n) is 3.24. The summed E-state index contributed by atoms with van der Waals surface area (Å²) in [4.78, 5) is 8.69. The minimum Gasteiger partial charge on any atom is -0.281 e. The van der Waals surface area contributed by atoms with Crippen LogP contribution in [0.15, 0.2) is 39.0 Å². The third kappa shape index (κ3) is 2.55. The van der Waals surface area contributed by atoms with E-state index in [-0.39, 0.29) is 0 Å². The van der Waals surface area contributed by atoms with Gasteiger partial charge in [-0.25, -0.2) is 9.98 Å². The molecule has 6 heteroatoms. The number of aromatic nitrogens is 3. The molecule has 0 saturated carbocycles. The zero-order valence-electron chi connectivity index (χ0n) is 10.8. The Morgan fingerprint density at radius 2 is 2.25 bits per heavy atom. The van der Waals surface area contributed by atoms with E-state index in [0.29, 0.717) is 11.1 Å². The zero-order valence-corrected chi connectivity index (χ0v) is 13.1. The Morgan fingerprint density at radius 1 is 1.40 bits per heavy atom. The fourth-order valence-corrected chi connectivity index (χ4v) is 2.66. The van der Waals surface area contributed by atoms with Crippen LogP contribution in [0.25, 0.3) is 11.4 Å². The molecule has 1 aliphatic rings. The standard InChI is InChI=1S/C14H12BrClN4/c1-8-5-6-12(16)17-7-9-13(8)19-20-14(9)10-3-2-4-11(15)18-10/h2-4,6-8H,5H2,1H3,(H,19,20). The van der Waals surface area contributed by atoms with Crippen LogP contribution in [0.4, 0.5) is 0 Å². The Morgan fingerprint density at radius 3 is 3.05 bits per heavy atom. The highest BCUT2D eigenvalue weighted by Gasteiger charge is 2.19. The second-order valence-corrected chi connectivity index (χ2v) is 5.87. The average molecular weight is 352 g/mol. The molecule has 0 fully saturated rings. The topological polar surface area (TPSA) is 53.9 Å². The van der Waals surface area contributed by atoms with E-state index in [2.05, 4.69) is 43.0 Å². The molecule has 0 amide bonds. The van der Waals surface area contributed by atoms with Crippen LogP contribution in [-0.4, -0.2) is 21.4 Å². The number of nitrogens with zero attached hydrogens (tertiary/aromatic N) is 3. The first-order valence-electron chi connectivity index (χ1n) is 6.26. The summed E-state index contributed by atoms with van der Waals surface area (Å²) in [5, 5.41) is 8.02. The smallest absolute Gasteiger partial charge is 0.125 e. The predicted octanol–water partition coefficient (Wildman–Crippen LogP) is 4.24. The minimum absolute atomic E-state index is 0.305. The number of pyridine rings is 1. The van der Waals surface area contributed by atoms with Crippen molar-refractivity contribution in [3.63, 3.8) is 0 Å². The van der Waals surface area contributed by atoms with Crippen LogP contribution in [0.1, 0.15) is 30.5 Å². The fraction of sp³-hybridized carbons (Fsp3) is 0.214. The lowest BCUT2D eigenvalue weighted by Crippen LogP contribution is -2.00. The molecule has 1 aliphatic heterocycles. The first-order valence-corrected chi connectivity index (χ1v) is 7.43. The van der Waals surface area contributed by atoms with E-state index in [1.54, 1.807) is 6.21 Å². The highest BCUT2D eigenvalue weighted by molar-refractivity contribution is 9.10. The normalized spacial score (nSPS) is 18.1. The molecule has 0 aromatic carbocycles. The molecule has 3 heterocycles. The molecule has 1 N–H and O–H groups in total. The molecule has 102 valence electrons. The molecule has 20 heavy (non-hydrogen) atoms. The van der Waals surface area contributed by atoms with Crippen LogP contribution in [-0.2, 0) is 0 Å². The second-order valence-electron chi connectivity index (χ2n) is 4.67. The summed E-state index contributed by atoms with van der Waals surface area (Å²) in [5.74, 6) is 0.305. The maximum absolute atomic E-state index is 6.03. The molecule has 0 spiro atoms. The van der Waals surface area contributed by atoms with Gasteiger partial charge in [0.25, 0.3) is 0 Å². The Balaban J connectivity index is 2.14. The molecule has 0 radical (unpaired) electrons. The van der Waals surface area contributed by atoms with Gasteiger partial charge >= 0.3 is 0 Å². The Labute approximate surface area is 130 Å². The van der Waals surface area contributed by atoms with Gasteiger partial charge in [0, 0.05) is 23.4 Å². The minimum atomic E-state index is 0.305. The molecule has 4 nitrogen and oxygen atoms in total. The number of nitrogens with one attached hydrogen (secondary N) is 1. The van der Waals surface area contributed by atoms with Gasteiger partial charge in [-0.15, -0.1) is 0 Å². The number of aliphatic imine (C=N–C) groups is 1. The van der Waals surface area contributed by atoms with Gasteiger partial charge in [-0.3, -0.25) is 5.10 Å². The Kier molecular flexibility index (Phi) is 3.72. The molecule has 1 unspecified atom stereocenters. The molecule has 2 aromatic heterocycles. The number of fused-ring (bicyclic) bond motifs is 1. The summed E-state index contributed by atoms with van der Waals surface area (Å²) in [6.45, 7) is 2.13. The van der Waals surface area contributed by atoms with E-state index in [0.717, 1.165) is 33.7 Å². The van der Waals surface area contributed by atoms with Gasteiger partial charge in [0.15, 0.2) is 0 Å². The van der Waals surface area contributed by atoms with Crippen molar-refractivity contribution in [3.8, 4) is 11.4 Å². The van der Waals surface area contributed by atoms with Crippen LogP contribution in [0.3, 0.4) is 0 Å². The monoisotopic (exact) mass is 350 g/mol.